The molecule has 7 nitrogen and oxygen atoms in total. The van der Waals surface area contributed by atoms with Crippen molar-refractivity contribution in [3.8, 4) is 11.5 Å². The van der Waals surface area contributed by atoms with Crippen LogP contribution in [0.5, 0.6) is 0 Å². The molecule has 0 saturated carbocycles. The predicted molar refractivity (Wildman–Crippen MR) is 118 cm³/mol. The minimum atomic E-state index is -0.189. The van der Waals surface area contributed by atoms with E-state index >= 15 is 0 Å². The Hall–Kier alpha value is -3.45. The summed E-state index contributed by atoms with van der Waals surface area (Å²) in [6, 6.07) is 16.0. The van der Waals surface area contributed by atoms with Gasteiger partial charge in [0.05, 0.1) is 11.6 Å². The molecule has 7 heteroatoms. The van der Waals surface area contributed by atoms with Crippen LogP contribution in [0.25, 0.3) is 17.0 Å². The Morgan fingerprint density at radius 2 is 2.00 bits per heavy atom. The summed E-state index contributed by atoms with van der Waals surface area (Å²) in [5, 5.41) is 2.98. The molecule has 0 radical (unpaired) electrons. The van der Waals surface area contributed by atoms with E-state index in [1.54, 1.807) is 0 Å². The molecule has 0 spiro atoms. The summed E-state index contributed by atoms with van der Waals surface area (Å²) < 4.78 is 9.64. The molecular formula is C24H25N5O2. The number of imidazole rings is 2. The third kappa shape index (κ3) is 3.96. The number of hydrogen-bond donors (Lipinski definition) is 1. The van der Waals surface area contributed by atoms with Crippen molar-refractivity contribution < 1.29 is 9.53 Å². The molecule has 1 N–H and O–H groups in total. The summed E-state index contributed by atoms with van der Waals surface area (Å²) in [6.45, 7) is 3.99. The van der Waals surface area contributed by atoms with Crippen molar-refractivity contribution in [3.05, 3.63) is 78.0 Å². The Kier molecular flexibility index (Phi) is 5.26. The average Bonchev–Trinajstić information content (AvgIpc) is 3.52. The van der Waals surface area contributed by atoms with Gasteiger partial charge in [-0.2, -0.15) is 0 Å². The number of aromatic nitrogens is 4. The van der Waals surface area contributed by atoms with E-state index in [4.69, 9.17) is 14.7 Å². The normalized spacial score (nSPS) is 16.1. The number of pyridine rings is 1. The highest BCUT2D eigenvalue weighted by Crippen LogP contribution is 2.23. The Labute approximate surface area is 180 Å². The van der Waals surface area contributed by atoms with Gasteiger partial charge in [0, 0.05) is 32.1 Å². The van der Waals surface area contributed by atoms with Crippen molar-refractivity contribution in [2.45, 2.75) is 32.4 Å². The summed E-state index contributed by atoms with van der Waals surface area (Å²) in [6.07, 6.45) is 6.03. The summed E-state index contributed by atoms with van der Waals surface area (Å²) in [7, 11) is 0. The van der Waals surface area contributed by atoms with Crippen LogP contribution >= 0.6 is 0 Å². The highest BCUT2D eigenvalue weighted by atomic mass is 16.5. The maximum atomic E-state index is 12.9. The number of fused-ring (bicyclic) bond motifs is 1. The molecule has 4 heterocycles. The summed E-state index contributed by atoms with van der Waals surface area (Å²) in [5.41, 5.74) is 3.12. The van der Waals surface area contributed by atoms with Crippen molar-refractivity contribution in [1.29, 1.82) is 0 Å². The lowest BCUT2D eigenvalue weighted by Crippen LogP contribution is -2.32. The number of amides is 1. The Morgan fingerprint density at radius 1 is 1.16 bits per heavy atom. The highest BCUT2D eigenvalue weighted by Gasteiger charge is 2.22. The molecule has 5 rings (SSSR count). The number of aryl methyl sites for hydroxylation is 1. The van der Waals surface area contributed by atoms with E-state index in [9.17, 15) is 4.79 Å². The maximum absolute atomic E-state index is 12.9. The Balaban J connectivity index is 1.45. The topological polar surface area (TPSA) is 73.4 Å². The smallest absolute Gasteiger partial charge is 0.272 e. The van der Waals surface area contributed by atoms with Crippen LogP contribution in [-0.4, -0.2) is 44.1 Å². The van der Waals surface area contributed by atoms with Gasteiger partial charge in [0.15, 0.2) is 11.5 Å². The van der Waals surface area contributed by atoms with E-state index in [2.05, 4.69) is 22.0 Å². The van der Waals surface area contributed by atoms with Crippen LogP contribution in [0.4, 0.5) is 0 Å². The SMILES string of the molecule is Cc1nc(-c2nc(C(=O)NC[C@@H]3CCCO3)c3ccccn23)cn1Cc1ccccc1. The van der Waals surface area contributed by atoms with Gasteiger partial charge in [-0.25, -0.2) is 9.97 Å². The third-order valence-corrected chi connectivity index (χ3v) is 5.68. The van der Waals surface area contributed by atoms with Gasteiger partial charge < -0.3 is 14.6 Å². The van der Waals surface area contributed by atoms with E-state index in [0.717, 1.165) is 43.0 Å². The molecule has 1 aromatic carbocycles. The number of carbonyl (C=O) groups excluding carboxylic acids is 1. The fourth-order valence-electron chi connectivity index (χ4n) is 4.04. The number of carbonyl (C=O) groups is 1. The van der Waals surface area contributed by atoms with Crippen molar-refractivity contribution in [2.24, 2.45) is 0 Å². The number of nitrogens with zero attached hydrogens (tertiary/aromatic N) is 4. The molecule has 1 saturated heterocycles. The van der Waals surface area contributed by atoms with Crippen LogP contribution in [0.1, 0.15) is 34.7 Å². The molecule has 1 aliphatic rings. The van der Waals surface area contributed by atoms with Gasteiger partial charge in [0.2, 0.25) is 0 Å². The van der Waals surface area contributed by atoms with Crippen molar-refractivity contribution in [3.63, 3.8) is 0 Å². The molecule has 0 aliphatic carbocycles. The van der Waals surface area contributed by atoms with Crippen molar-refractivity contribution >= 4 is 11.4 Å². The second-order valence-corrected chi connectivity index (χ2v) is 7.87. The summed E-state index contributed by atoms with van der Waals surface area (Å²) in [4.78, 5) is 22.3. The minimum Gasteiger partial charge on any atom is -0.376 e. The quantitative estimate of drug-likeness (QED) is 0.523. The molecule has 31 heavy (non-hydrogen) atoms. The van der Waals surface area contributed by atoms with Gasteiger partial charge >= 0.3 is 0 Å². The number of rotatable bonds is 6. The van der Waals surface area contributed by atoms with Crippen LogP contribution in [0.15, 0.2) is 60.9 Å². The molecule has 0 unspecified atom stereocenters. The standard InChI is InChI=1S/C24H25N5O2/c1-17-26-20(16-28(17)15-18-8-3-2-4-9-18)23-27-22(21-11-5-6-12-29(21)23)24(30)25-14-19-10-7-13-31-19/h2-6,8-9,11-12,16,19H,7,10,13-15H2,1H3,(H,25,30)/t19-/m0/s1. The molecule has 1 atom stereocenters. The second kappa shape index (κ2) is 8.35. The highest BCUT2D eigenvalue weighted by molar-refractivity contribution is 6.00. The molecular weight excluding hydrogens is 390 g/mol. The minimum absolute atomic E-state index is 0.0913. The lowest BCUT2D eigenvalue weighted by molar-refractivity contribution is 0.0855. The average molecular weight is 415 g/mol. The van der Waals surface area contributed by atoms with Gasteiger partial charge in [-0.05, 0) is 37.5 Å². The van der Waals surface area contributed by atoms with Crippen molar-refractivity contribution in [2.75, 3.05) is 13.2 Å². The van der Waals surface area contributed by atoms with Crippen molar-refractivity contribution in [1.82, 2.24) is 24.3 Å². The number of benzene rings is 1. The van der Waals surface area contributed by atoms with Crippen LogP contribution < -0.4 is 5.32 Å². The molecule has 158 valence electrons. The summed E-state index contributed by atoms with van der Waals surface area (Å²) >= 11 is 0. The van der Waals surface area contributed by atoms with E-state index in [1.807, 2.05) is 60.1 Å². The van der Waals surface area contributed by atoms with Gasteiger partial charge in [-0.15, -0.1) is 0 Å². The number of nitrogens with one attached hydrogen (secondary N) is 1. The van der Waals surface area contributed by atoms with Crippen LogP contribution in [0, 0.1) is 6.92 Å². The van der Waals surface area contributed by atoms with Crippen LogP contribution in [-0.2, 0) is 11.3 Å². The molecule has 1 aliphatic heterocycles. The molecule has 3 aromatic heterocycles. The van der Waals surface area contributed by atoms with E-state index in [1.165, 1.54) is 5.56 Å². The number of ether oxygens (including phenoxy) is 1. The van der Waals surface area contributed by atoms with E-state index < -0.39 is 0 Å². The van der Waals surface area contributed by atoms with E-state index in [-0.39, 0.29) is 12.0 Å². The first kappa shape index (κ1) is 19.5. The molecule has 4 aromatic rings. The van der Waals surface area contributed by atoms with E-state index in [0.29, 0.717) is 18.1 Å². The first-order valence-electron chi connectivity index (χ1n) is 10.6. The predicted octanol–water partition coefficient (Wildman–Crippen LogP) is 3.46. The summed E-state index contributed by atoms with van der Waals surface area (Å²) in [5.74, 6) is 1.37. The van der Waals surface area contributed by atoms with Gasteiger partial charge in [0.1, 0.15) is 11.5 Å². The Morgan fingerprint density at radius 3 is 2.81 bits per heavy atom. The van der Waals surface area contributed by atoms with Crippen LogP contribution in [0.2, 0.25) is 0 Å². The zero-order valence-electron chi connectivity index (χ0n) is 17.5. The van der Waals surface area contributed by atoms with Gasteiger partial charge in [-0.1, -0.05) is 36.4 Å². The van der Waals surface area contributed by atoms with Gasteiger partial charge in [0.25, 0.3) is 5.91 Å². The molecule has 1 fully saturated rings. The zero-order chi connectivity index (χ0) is 21.2. The largest absolute Gasteiger partial charge is 0.376 e. The fraction of sp³-hybridized carbons (Fsp3) is 0.292. The molecule has 0 bridgehead atoms. The zero-order valence-corrected chi connectivity index (χ0v) is 17.5. The lowest BCUT2D eigenvalue weighted by Gasteiger charge is -2.09. The first-order valence-corrected chi connectivity index (χ1v) is 10.6. The van der Waals surface area contributed by atoms with Gasteiger partial charge in [-0.3, -0.25) is 9.20 Å². The lowest BCUT2D eigenvalue weighted by atomic mass is 10.2. The number of hydrogen-bond acceptors (Lipinski definition) is 4. The first-order chi connectivity index (χ1) is 15.2. The molecule has 1 amide bonds. The maximum Gasteiger partial charge on any atom is 0.272 e. The van der Waals surface area contributed by atoms with Crippen LogP contribution in [0.3, 0.4) is 0 Å². The second-order valence-electron chi connectivity index (χ2n) is 7.87. The Bertz CT molecular complexity index is 1210. The monoisotopic (exact) mass is 415 g/mol. The third-order valence-electron chi connectivity index (χ3n) is 5.68. The fourth-order valence-corrected chi connectivity index (χ4v) is 4.04.